The number of hydrogen-bond acceptors (Lipinski definition) is 4. The highest BCUT2D eigenvalue weighted by Gasteiger charge is 2.41. The van der Waals surface area contributed by atoms with Crippen molar-refractivity contribution in [1.82, 2.24) is 9.88 Å². The zero-order chi connectivity index (χ0) is 20.4. The summed E-state index contributed by atoms with van der Waals surface area (Å²) >= 11 is 0. The van der Waals surface area contributed by atoms with Crippen LogP contribution in [0.25, 0.3) is 5.57 Å². The van der Waals surface area contributed by atoms with Gasteiger partial charge in [0.1, 0.15) is 11.6 Å². The van der Waals surface area contributed by atoms with Crippen molar-refractivity contribution in [2.45, 2.75) is 12.6 Å². The Kier molecular flexibility index (Phi) is 4.99. The first-order valence-corrected chi connectivity index (χ1v) is 9.11. The van der Waals surface area contributed by atoms with Gasteiger partial charge in [0.05, 0.1) is 13.2 Å². The molecule has 1 amide bonds. The topological polar surface area (TPSA) is 62.7 Å². The van der Waals surface area contributed by atoms with Crippen LogP contribution in [0.3, 0.4) is 0 Å². The Bertz CT molecular complexity index is 1050. The third kappa shape index (κ3) is 3.57. The van der Waals surface area contributed by atoms with Gasteiger partial charge < -0.3 is 14.7 Å². The van der Waals surface area contributed by atoms with Gasteiger partial charge in [0.2, 0.25) is 0 Å². The van der Waals surface area contributed by atoms with E-state index >= 15 is 0 Å². The van der Waals surface area contributed by atoms with Crippen LogP contribution >= 0.6 is 0 Å². The molecule has 1 aromatic heterocycles. The molecule has 0 aliphatic carbocycles. The molecule has 3 aromatic rings. The first-order valence-electron chi connectivity index (χ1n) is 9.11. The lowest BCUT2D eigenvalue weighted by Gasteiger charge is -2.27. The Hall–Kier alpha value is -3.67. The maximum absolute atomic E-state index is 13.5. The molecule has 1 atom stereocenters. The second-order valence-corrected chi connectivity index (χ2v) is 6.73. The fraction of sp³-hybridized carbons (Fsp3) is 0.130. The van der Waals surface area contributed by atoms with Crippen molar-refractivity contribution in [1.29, 1.82) is 0 Å². The highest BCUT2D eigenvalue weighted by molar-refractivity contribution is 6.05. The van der Waals surface area contributed by atoms with Crippen molar-refractivity contribution in [3.05, 3.63) is 101 Å². The van der Waals surface area contributed by atoms with Gasteiger partial charge in [0.15, 0.2) is 5.76 Å². The summed E-state index contributed by atoms with van der Waals surface area (Å²) in [6.45, 7) is 0.285. The Balaban J connectivity index is 1.80. The number of amides is 1. The molecule has 0 fully saturated rings. The van der Waals surface area contributed by atoms with Crippen LogP contribution < -0.4 is 4.74 Å². The van der Waals surface area contributed by atoms with E-state index in [0.29, 0.717) is 22.4 Å². The molecule has 6 heteroatoms. The quantitative estimate of drug-likeness (QED) is 0.706. The van der Waals surface area contributed by atoms with Crippen LogP contribution in [0.15, 0.2) is 78.8 Å². The molecule has 5 nitrogen and oxygen atoms in total. The molecule has 0 radical (unpaired) electrons. The van der Waals surface area contributed by atoms with Crippen molar-refractivity contribution >= 4 is 11.5 Å². The van der Waals surface area contributed by atoms with Gasteiger partial charge in [-0.3, -0.25) is 9.78 Å². The molecule has 0 spiro atoms. The van der Waals surface area contributed by atoms with Gasteiger partial charge in [-0.05, 0) is 53.1 Å². The molecule has 29 heavy (non-hydrogen) atoms. The molecule has 0 saturated heterocycles. The van der Waals surface area contributed by atoms with E-state index in [1.165, 1.54) is 12.1 Å². The fourth-order valence-electron chi connectivity index (χ4n) is 3.56. The average molecular weight is 390 g/mol. The van der Waals surface area contributed by atoms with Gasteiger partial charge in [0.25, 0.3) is 5.91 Å². The SMILES string of the molecule is COc1ccc(C2=C(O)C(=O)N(Cc3ccncc3)[C@H]2c2ccc(F)cc2)cc1. The second kappa shape index (κ2) is 7.75. The molecule has 0 unspecified atom stereocenters. The Morgan fingerprint density at radius 1 is 1.03 bits per heavy atom. The second-order valence-electron chi connectivity index (χ2n) is 6.73. The lowest BCUT2D eigenvalue weighted by atomic mass is 9.93. The van der Waals surface area contributed by atoms with Crippen LogP contribution in [-0.2, 0) is 11.3 Å². The third-order valence-electron chi connectivity index (χ3n) is 4.99. The summed E-state index contributed by atoms with van der Waals surface area (Å²) < 4.78 is 18.7. The number of ether oxygens (including phenoxy) is 1. The van der Waals surface area contributed by atoms with Crippen LogP contribution in [0.1, 0.15) is 22.7 Å². The molecule has 1 aliphatic rings. The Labute approximate surface area is 167 Å². The summed E-state index contributed by atoms with van der Waals surface area (Å²) in [6, 6.07) is 16.2. The van der Waals surface area contributed by atoms with Crippen molar-refractivity contribution in [2.24, 2.45) is 0 Å². The molecular weight excluding hydrogens is 371 g/mol. The number of hydrogen-bond donors (Lipinski definition) is 1. The summed E-state index contributed by atoms with van der Waals surface area (Å²) in [4.78, 5) is 18.6. The van der Waals surface area contributed by atoms with E-state index in [9.17, 15) is 14.3 Å². The number of aliphatic hydroxyl groups excluding tert-OH is 1. The smallest absolute Gasteiger partial charge is 0.290 e. The maximum Gasteiger partial charge on any atom is 0.290 e. The van der Waals surface area contributed by atoms with Crippen LogP contribution in [0.2, 0.25) is 0 Å². The molecule has 146 valence electrons. The predicted molar refractivity (Wildman–Crippen MR) is 106 cm³/mol. The molecule has 4 rings (SSSR count). The highest BCUT2D eigenvalue weighted by Crippen LogP contribution is 2.44. The minimum atomic E-state index is -0.551. The first kappa shape index (κ1) is 18.7. The van der Waals surface area contributed by atoms with Crippen molar-refractivity contribution in [3.8, 4) is 5.75 Å². The van der Waals surface area contributed by atoms with Crippen LogP contribution in [0, 0.1) is 5.82 Å². The third-order valence-corrected chi connectivity index (χ3v) is 4.99. The minimum absolute atomic E-state index is 0.285. The number of halogens is 1. The normalized spacial score (nSPS) is 16.4. The van der Waals surface area contributed by atoms with Gasteiger partial charge >= 0.3 is 0 Å². The summed E-state index contributed by atoms with van der Waals surface area (Å²) in [7, 11) is 1.57. The van der Waals surface area contributed by atoms with Gasteiger partial charge in [-0.2, -0.15) is 0 Å². The fourth-order valence-corrected chi connectivity index (χ4v) is 3.56. The minimum Gasteiger partial charge on any atom is -0.503 e. The average Bonchev–Trinajstić information content (AvgIpc) is 3.00. The first-order chi connectivity index (χ1) is 14.1. The van der Waals surface area contributed by atoms with E-state index in [-0.39, 0.29) is 18.1 Å². The van der Waals surface area contributed by atoms with Gasteiger partial charge in [-0.25, -0.2) is 4.39 Å². The van der Waals surface area contributed by atoms with Crippen LogP contribution in [-0.4, -0.2) is 28.0 Å². The standard InChI is InChI=1S/C23H19FN2O3/c1-29-19-8-4-16(5-9-19)20-21(17-2-6-18(24)7-3-17)26(23(28)22(20)27)14-15-10-12-25-13-11-15/h2-13,21,27H,14H2,1H3/t21-/m0/s1. The van der Waals surface area contributed by atoms with Crippen LogP contribution in [0.5, 0.6) is 5.75 Å². The highest BCUT2D eigenvalue weighted by atomic mass is 19.1. The lowest BCUT2D eigenvalue weighted by molar-refractivity contribution is -0.130. The van der Waals surface area contributed by atoms with E-state index in [4.69, 9.17) is 4.74 Å². The van der Waals surface area contributed by atoms with Gasteiger partial charge in [-0.15, -0.1) is 0 Å². The molecule has 1 aliphatic heterocycles. The van der Waals surface area contributed by atoms with Gasteiger partial charge in [0, 0.05) is 24.5 Å². The zero-order valence-electron chi connectivity index (χ0n) is 15.7. The molecule has 1 N–H and O–H groups in total. The van der Waals surface area contributed by atoms with Crippen LogP contribution in [0.4, 0.5) is 4.39 Å². The monoisotopic (exact) mass is 390 g/mol. The van der Waals surface area contributed by atoms with E-state index in [2.05, 4.69) is 4.98 Å². The number of rotatable bonds is 5. The number of methoxy groups -OCH3 is 1. The Morgan fingerprint density at radius 2 is 1.69 bits per heavy atom. The molecule has 0 bridgehead atoms. The number of nitrogens with zero attached hydrogens (tertiary/aromatic N) is 2. The summed E-state index contributed by atoms with van der Waals surface area (Å²) in [5, 5.41) is 10.7. The molecule has 2 heterocycles. The maximum atomic E-state index is 13.5. The molecule has 2 aromatic carbocycles. The van der Waals surface area contributed by atoms with Crippen molar-refractivity contribution < 1.29 is 19.0 Å². The van der Waals surface area contributed by atoms with Crippen molar-refractivity contribution in [2.75, 3.05) is 7.11 Å². The summed E-state index contributed by atoms with van der Waals surface area (Å²) in [5.41, 5.74) is 2.77. The number of carbonyl (C=O) groups excluding carboxylic acids is 1. The number of aliphatic hydroxyl groups is 1. The Morgan fingerprint density at radius 3 is 2.31 bits per heavy atom. The number of carbonyl (C=O) groups is 1. The van der Waals surface area contributed by atoms with E-state index < -0.39 is 11.9 Å². The summed E-state index contributed by atoms with van der Waals surface area (Å²) in [6.07, 6.45) is 3.31. The molecular formula is C23H19FN2O3. The van der Waals surface area contributed by atoms with Gasteiger partial charge in [-0.1, -0.05) is 24.3 Å². The number of benzene rings is 2. The molecule has 0 saturated carbocycles. The number of aromatic nitrogens is 1. The lowest BCUT2D eigenvalue weighted by Crippen LogP contribution is -2.29. The summed E-state index contributed by atoms with van der Waals surface area (Å²) in [5.74, 6) is -0.469. The van der Waals surface area contributed by atoms with Crippen molar-refractivity contribution in [3.63, 3.8) is 0 Å². The van der Waals surface area contributed by atoms with E-state index in [0.717, 1.165) is 5.56 Å². The van der Waals surface area contributed by atoms with E-state index in [1.54, 1.807) is 60.8 Å². The zero-order valence-corrected chi connectivity index (χ0v) is 15.7. The largest absolute Gasteiger partial charge is 0.503 e. The van der Waals surface area contributed by atoms with E-state index in [1.807, 2.05) is 12.1 Å². The predicted octanol–water partition coefficient (Wildman–Crippen LogP) is 4.28. The number of pyridine rings is 1.